The molecule has 0 amide bonds. The van der Waals surface area contributed by atoms with Crippen molar-refractivity contribution < 1.29 is 29.3 Å². The van der Waals surface area contributed by atoms with Gasteiger partial charge in [0.1, 0.15) is 11.5 Å². The number of hydrogen-bond donors (Lipinski definition) is 2. The number of aliphatic hydroxyl groups is 1. The third kappa shape index (κ3) is 3.46. The molecule has 6 nitrogen and oxygen atoms in total. The number of methoxy groups -OCH3 is 2. The molecule has 98 valence electrons. The average Bonchev–Trinajstić information content (AvgIpc) is 2.37. The van der Waals surface area contributed by atoms with E-state index in [0.29, 0.717) is 11.5 Å². The molecule has 0 aliphatic rings. The van der Waals surface area contributed by atoms with Gasteiger partial charge in [-0.3, -0.25) is 4.79 Å². The van der Waals surface area contributed by atoms with Gasteiger partial charge < -0.3 is 19.7 Å². The van der Waals surface area contributed by atoms with Crippen LogP contribution in [0.25, 0.3) is 0 Å². The normalized spacial score (nSPS) is 11.7. The molecular weight excluding hydrogens is 240 g/mol. The fourth-order valence-electron chi connectivity index (χ4n) is 1.35. The first-order chi connectivity index (χ1) is 8.47. The molecule has 0 aliphatic carbocycles. The van der Waals surface area contributed by atoms with E-state index in [1.807, 2.05) is 0 Å². The fraction of sp³-hybridized carbons (Fsp3) is 0.333. The fourth-order valence-corrected chi connectivity index (χ4v) is 1.35. The second kappa shape index (κ2) is 6.02. The molecule has 0 spiro atoms. The second-order valence-electron chi connectivity index (χ2n) is 3.58. The Hall–Kier alpha value is -2.08. The number of aliphatic carboxylic acids is 1. The van der Waals surface area contributed by atoms with E-state index >= 15 is 0 Å². The monoisotopic (exact) mass is 254 g/mol. The van der Waals surface area contributed by atoms with Crippen molar-refractivity contribution in [2.24, 2.45) is 0 Å². The number of ketones is 1. The predicted molar refractivity (Wildman–Crippen MR) is 62.1 cm³/mol. The average molecular weight is 254 g/mol. The lowest BCUT2D eigenvalue weighted by molar-refractivity contribution is -0.146. The molecule has 6 heteroatoms. The van der Waals surface area contributed by atoms with E-state index in [2.05, 4.69) is 0 Å². The Morgan fingerprint density at radius 2 is 1.67 bits per heavy atom. The van der Waals surface area contributed by atoms with Crippen molar-refractivity contribution in [2.45, 2.75) is 12.5 Å². The molecule has 0 fully saturated rings. The van der Waals surface area contributed by atoms with Gasteiger partial charge in [0.25, 0.3) is 0 Å². The first-order valence-corrected chi connectivity index (χ1v) is 5.15. The van der Waals surface area contributed by atoms with Gasteiger partial charge in [-0.1, -0.05) is 0 Å². The van der Waals surface area contributed by atoms with Crippen molar-refractivity contribution in [3.05, 3.63) is 23.8 Å². The first-order valence-electron chi connectivity index (χ1n) is 5.15. The quantitative estimate of drug-likeness (QED) is 0.727. The van der Waals surface area contributed by atoms with E-state index < -0.39 is 24.3 Å². The van der Waals surface area contributed by atoms with Crippen LogP contribution in [0.3, 0.4) is 0 Å². The number of carbonyl (C=O) groups excluding carboxylic acids is 1. The zero-order valence-corrected chi connectivity index (χ0v) is 10.0. The van der Waals surface area contributed by atoms with Crippen molar-refractivity contribution in [1.82, 2.24) is 0 Å². The van der Waals surface area contributed by atoms with E-state index in [1.165, 1.54) is 26.4 Å². The van der Waals surface area contributed by atoms with Gasteiger partial charge in [-0.05, 0) is 12.1 Å². The van der Waals surface area contributed by atoms with Crippen LogP contribution in [-0.4, -0.2) is 42.3 Å². The molecule has 0 heterocycles. The number of benzene rings is 1. The SMILES string of the molecule is COc1cc(OC)cc(C(=O)CC(O)C(=O)O)c1. The second-order valence-corrected chi connectivity index (χ2v) is 3.58. The van der Waals surface area contributed by atoms with Crippen LogP contribution in [0.15, 0.2) is 18.2 Å². The summed E-state index contributed by atoms with van der Waals surface area (Å²) in [4.78, 5) is 22.2. The van der Waals surface area contributed by atoms with Crippen LogP contribution in [0.5, 0.6) is 11.5 Å². The summed E-state index contributed by atoms with van der Waals surface area (Å²) in [5.41, 5.74) is 0.228. The maximum Gasteiger partial charge on any atom is 0.332 e. The largest absolute Gasteiger partial charge is 0.497 e. The van der Waals surface area contributed by atoms with Crippen LogP contribution < -0.4 is 9.47 Å². The van der Waals surface area contributed by atoms with Crippen LogP contribution in [0.1, 0.15) is 16.8 Å². The Labute approximate surface area is 104 Å². The van der Waals surface area contributed by atoms with Crippen molar-refractivity contribution in [3.63, 3.8) is 0 Å². The van der Waals surface area contributed by atoms with E-state index in [0.717, 1.165) is 0 Å². The molecule has 0 saturated heterocycles. The van der Waals surface area contributed by atoms with Crippen LogP contribution in [0.4, 0.5) is 0 Å². The Bertz CT molecular complexity index is 432. The lowest BCUT2D eigenvalue weighted by Gasteiger charge is -2.09. The molecule has 1 atom stereocenters. The molecule has 0 aliphatic heterocycles. The highest BCUT2D eigenvalue weighted by Crippen LogP contribution is 2.23. The van der Waals surface area contributed by atoms with Crippen molar-refractivity contribution in [1.29, 1.82) is 0 Å². The summed E-state index contributed by atoms with van der Waals surface area (Å²) in [7, 11) is 2.88. The topological polar surface area (TPSA) is 93.1 Å². The molecule has 1 aromatic carbocycles. The summed E-state index contributed by atoms with van der Waals surface area (Å²) in [6, 6.07) is 4.50. The number of carboxylic acid groups (broad SMARTS) is 1. The minimum atomic E-state index is -1.71. The van der Waals surface area contributed by atoms with E-state index in [1.54, 1.807) is 6.07 Å². The number of carboxylic acids is 1. The van der Waals surface area contributed by atoms with Crippen LogP contribution in [0, 0.1) is 0 Å². The number of carbonyl (C=O) groups is 2. The smallest absolute Gasteiger partial charge is 0.332 e. The highest BCUT2D eigenvalue weighted by molar-refractivity contribution is 5.99. The number of Topliss-reactive ketones (excluding diaryl/α,β-unsaturated/α-hetero) is 1. The summed E-state index contributed by atoms with van der Waals surface area (Å²) < 4.78 is 9.98. The van der Waals surface area contributed by atoms with Gasteiger partial charge in [-0.2, -0.15) is 0 Å². The molecule has 1 rings (SSSR count). The van der Waals surface area contributed by atoms with Gasteiger partial charge in [0, 0.05) is 18.1 Å². The molecular formula is C12H14O6. The number of ether oxygens (including phenoxy) is 2. The maximum atomic E-state index is 11.8. The minimum Gasteiger partial charge on any atom is -0.497 e. The van der Waals surface area contributed by atoms with Crippen molar-refractivity contribution in [3.8, 4) is 11.5 Å². The molecule has 0 radical (unpaired) electrons. The molecule has 2 N–H and O–H groups in total. The molecule has 18 heavy (non-hydrogen) atoms. The lowest BCUT2D eigenvalue weighted by atomic mass is 10.0. The van der Waals surface area contributed by atoms with Gasteiger partial charge in [-0.25, -0.2) is 4.79 Å². The Kier molecular flexibility index (Phi) is 4.67. The zero-order chi connectivity index (χ0) is 13.7. The number of aliphatic hydroxyl groups excluding tert-OH is 1. The summed E-state index contributed by atoms with van der Waals surface area (Å²) in [6.07, 6.45) is -2.21. The maximum absolute atomic E-state index is 11.8. The van der Waals surface area contributed by atoms with Crippen LogP contribution in [0.2, 0.25) is 0 Å². The standard InChI is InChI=1S/C12H14O6/c1-17-8-3-7(4-9(5-8)18-2)10(13)6-11(14)12(15)16/h3-5,11,14H,6H2,1-2H3,(H,15,16). The highest BCUT2D eigenvalue weighted by atomic mass is 16.5. The minimum absolute atomic E-state index is 0.228. The van der Waals surface area contributed by atoms with E-state index in [9.17, 15) is 9.59 Å². The summed E-state index contributed by atoms with van der Waals surface area (Å²) >= 11 is 0. The van der Waals surface area contributed by atoms with Crippen molar-refractivity contribution in [2.75, 3.05) is 14.2 Å². The highest BCUT2D eigenvalue weighted by Gasteiger charge is 2.19. The Morgan fingerprint density at radius 1 is 1.17 bits per heavy atom. The zero-order valence-electron chi connectivity index (χ0n) is 10.0. The lowest BCUT2D eigenvalue weighted by Crippen LogP contribution is -2.23. The third-order valence-electron chi connectivity index (χ3n) is 2.34. The number of hydrogen-bond acceptors (Lipinski definition) is 5. The first kappa shape index (κ1) is 14.0. The Morgan fingerprint density at radius 3 is 2.06 bits per heavy atom. The summed E-state index contributed by atoms with van der Waals surface area (Å²) in [5, 5.41) is 17.7. The summed E-state index contributed by atoms with van der Waals surface area (Å²) in [6.45, 7) is 0. The van der Waals surface area contributed by atoms with E-state index in [4.69, 9.17) is 19.7 Å². The third-order valence-corrected chi connectivity index (χ3v) is 2.34. The van der Waals surface area contributed by atoms with Crippen LogP contribution >= 0.6 is 0 Å². The Balaban J connectivity index is 2.94. The van der Waals surface area contributed by atoms with Crippen molar-refractivity contribution >= 4 is 11.8 Å². The van der Waals surface area contributed by atoms with E-state index in [-0.39, 0.29) is 5.56 Å². The molecule has 1 aromatic rings. The van der Waals surface area contributed by atoms with Gasteiger partial charge in [0.15, 0.2) is 11.9 Å². The summed E-state index contributed by atoms with van der Waals surface area (Å²) in [5.74, 6) is -1.09. The molecule has 1 unspecified atom stereocenters. The van der Waals surface area contributed by atoms with Crippen LogP contribution in [-0.2, 0) is 4.79 Å². The molecule has 0 bridgehead atoms. The predicted octanol–water partition coefficient (Wildman–Crippen LogP) is 0.722. The molecule has 0 saturated carbocycles. The van der Waals surface area contributed by atoms with Gasteiger partial charge in [0.2, 0.25) is 0 Å². The van der Waals surface area contributed by atoms with Gasteiger partial charge in [0.05, 0.1) is 14.2 Å². The number of rotatable bonds is 6. The van der Waals surface area contributed by atoms with Gasteiger partial charge >= 0.3 is 5.97 Å². The van der Waals surface area contributed by atoms with Gasteiger partial charge in [-0.15, -0.1) is 0 Å². The molecule has 0 aromatic heterocycles.